The average molecular weight is 346 g/mol. The third-order valence-corrected chi connectivity index (χ3v) is 2.57. The molecule has 0 saturated heterocycles. The number of halogens is 2. The third kappa shape index (κ3) is 3.67. The summed E-state index contributed by atoms with van der Waals surface area (Å²) >= 11 is 0. The first kappa shape index (κ1) is 16.4. The van der Waals surface area contributed by atoms with E-state index >= 15 is 0 Å². The molecule has 0 atom stereocenters. The first-order chi connectivity index (χ1) is 8.88. The number of nitrogens with zero attached hydrogens (tertiary/aromatic N) is 3. The Morgan fingerprint density at radius 3 is 2.65 bits per heavy atom. The largest absolute Gasteiger partial charge is 0.368 e. The first-order valence-corrected chi connectivity index (χ1v) is 5.75. The van der Waals surface area contributed by atoms with Crippen LogP contribution in [-0.4, -0.2) is 22.6 Å². The molecule has 0 aromatic heterocycles. The van der Waals surface area contributed by atoms with Gasteiger partial charge in [0.2, 0.25) is 11.9 Å². The molecule has 0 amide bonds. The lowest BCUT2D eigenvalue weighted by atomic mass is 10.2. The fourth-order valence-corrected chi connectivity index (χ4v) is 1.78. The van der Waals surface area contributed by atoms with E-state index in [0.717, 1.165) is 0 Å². The number of aliphatic imine (C=N–C) groups is 2. The molecular formula is C12H17BrFN5O. The Kier molecular flexibility index (Phi) is 5.07. The van der Waals surface area contributed by atoms with E-state index in [1.165, 1.54) is 17.2 Å². The van der Waals surface area contributed by atoms with E-state index < -0.39 is 5.66 Å². The normalized spacial score (nSPS) is 17.1. The molecule has 1 aliphatic heterocycles. The van der Waals surface area contributed by atoms with E-state index in [4.69, 9.17) is 16.3 Å². The molecule has 1 aromatic carbocycles. The molecule has 4 N–H and O–H groups in total. The molecule has 8 heteroatoms. The van der Waals surface area contributed by atoms with Crippen LogP contribution in [0.15, 0.2) is 34.3 Å². The van der Waals surface area contributed by atoms with Crippen LogP contribution in [0.5, 0.6) is 0 Å². The number of hydroxylamine groups is 2. The summed E-state index contributed by atoms with van der Waals surface area (Å²) in [7, 11) is 0. The summed E-state index contributed by atoms with van der Waals surface area (Å²) in [6.45, 7) is 3.73. The van der Waals surface area contributed by atoms with E-state index in [1.54, 1.807) is 26.0 Å². The zero-order valence-electron chi connectivity index (χ0n) is 11.2. The summed E-state index contributed by atoms with van der Waals surface area (Å²) in [6.07, 6.45) is 0. The predicted molar refractivity (Wildman–Crippen MR) is 80.7 cm³/mol. The average Bonchev–Trinajstić information content (AvgIpc) is 2.26. The summed E-state index contributed by atoms with van der Waals surface area (Å²) < 4.78 is 13.1. The molecule has 1 aliphatic rings. The van der Waals surface area contributed by atoms with Gasteiger partial charge in [-0.05, 0) is 31.5 Å². The first-order valence-electron chi connectivity index (χ1n) is 5.75. The van der Waals surface area contributed by atoms with Gasteiger partial charge in [0.15, 0.2) is 5.66 Å². The van der Waals surface area contributed by atoms with E-state index in [0.29, 0.717) is 5.56 Å². The smallest absolute Gasteiger partial charge is 0.226 e. The number of guanidine groups is 2. The molecule has 0 spiro atoms. The molecule has 20 heavy (non-hydrogen) atoms. The Labute approximate surface area is 127 Å². The van der Waals surface area contributed by atoms with Crippen molar-refractivity contribution < 1.29 is 9.23 Å². The lowest BCUT2D eigenvalue weighted by molar-refractivity contribution is -0.166. The van der Waals surface area contributed by atoms with Crippen LogP contribution < -0.4 is 11.5 Å². The minimum atomic E-state index is -0.761. The number of rotatable bonds is 3. The maximum Gasteiger partial charge on any atom is 0.226 e. The van der Waals surface area contributed by atoms with Crippen molar-refractivity contribution in [2.75, 3.05) is 0 Å². The van der Waals surface area contributed by atoms with Crippen molar-refractivity contribution in [3.05, 3.63) is 35.6 Å². The zero-order chi connectivity index (χ0) is 14.0. The van der Waals surface area contributed by atoms with Crippen molar-refractivity contribution in [1.82, 2.24) is 5.06 Å². The van der Waals surface area contributed by atoms with Gasteiger partial charge < -0.3 is 11.5 Å². The second-order valence-electron chi connectivity index (χ2n) is 4.63. The standard InChI is InChI=1S/C12H16FN5O.BrH/c1-12(2)17-10(14)16-11(15)18(12)19-7-8-4-3-5-9(13)6-8;/h3-6H,7H2,1-2H3,(H4,14,15,16,17);1H. The summed E-state index contributed by atoms with van der Waals surface area (Å²) in [5.74, 6) is -0.0927. The van der Waals surface area contributed by atoms with Crippen molar-refractivity contribution in [1.29, 1.82) is 0 Å². The fourth-order valence-electron chi connectivity index (χ4n) is 1.78. The zero-order valence-corrected chi connectivity index (χ0v) is 12.9. The van der Waals surface area contributed by atoms with Crippen LogP contribution in [0.3, 0.4) is 0 Å². The molecule has 2 rings (SSSR count). The Bertz CT molecular complexity index is 546. The van der Waals surface area contributed by atoms with E-state index in [-0.39, 0.29) is 41.3 Å². The Balaban J connectivity index is 0.00000200. The van der Waals surface area contributed by atoms with Gasteiger partial charge >= 0.3 is 0 Å². The maximum absolute atomic E-state index is 13.1. The van der Waals surface area contributed by atoms with E-state index in [2.05, 4.69) is 9.98 Å². The third-order valence-electron chi connectivity index (χ3n) is 2.57. The molecule has 0 fully saturated rings. The highest BCUT2D eigenvalue weighted by Gasteiger charge is 2.33. The quantitative estimate of drug-likeness (QED) is 0.868. The highest BCUT2D eigenvalue weighted by molar-refractivity contribution is 8.93. The monoisotopic (exact) mass is 345 g/mol. The molecule has 110 valence electrons. The second-order valence-corrected chi connectivity index (χ2v) is 4.63. The van der Waals surface area contributed by atoms with Crippen LogP contribution >= 0.6 is 17.0 Å². The summed E-state index contributed by atoms with van der Waals surface area (Å²) in [5, 5.41) is 1.36. The molecule has 0 unspecified atom stereocenters. The van der Waals surface area contributed by atoms with Gasteiger partial charge in [-0.15, -0.1) is 17.0 Å². The van der Waals surface area contributed by atoms with Crippen LogP contribution in [0.1, 0.15) is 19.4 Å². The highest BCUT2D eigenvalue weighted by Crippen LogP contribution is 2.20. The molecule has 0 bridgehead atoms. The molecule has 1 aromatic rings. The van der Waals surface area contributed by atoms with E-state index in [1.807, 2.05) is 0 Å². The van der Waals surface area contributed by atoms with Gasteiger partial charge in [-0.25, -0.2) is 9.38 Å². The van der Waals surface area contributed by atoms with Crippen LogP contribution in [0.25, 0.3) is 0 Å². The van der Waals surface area contributed by atoms with Gasteiger partial charge in [-0.1, -0.05) is 12.1 Å². The van der Waals surface area contributed by atoms with Crippen LogP contribution in [0.2, 0.25) is 0 Å². The van der Waals surface area contributed by atoms with Gasteiger partial charge in [0.25, 0.3) is 0 Å². The number of nitrogens with two attached hydrogens (primary N) is 2. The van der Waals surface area contributed by atoms with Crippen molar-refractivity contribution in [2.45, 2.75) is 26.1 Å². The van der Waals surface area contributed by atoms with Crippen molar-refractivity contribution in [3.63, 3.8) is 0 Å². The van der Waals surface area contributed by atoms with Crippen molar-refractivity contribution in [3.8, 4) is 0 Å². The number of hydrogen-bond acceptors (Lipinski definition) is 6. The minimum Gasteiger partial charge on any atom is -0.368 e. The summed E-state index contributed by atoms with van der Waals surface area (Å²) in [5.41, 5.74) is 11.2. The molecule has 0 radical (unpaired) electrons. The number of benzene rings is 1. The molecular weight excluding hydrogens is 329 g/mol. The van der Waals surface area contributed by atoms with Crippen LogP contribution in [-0.2, 0) is 11.4 Å². The van der Waals surface area contributed by atoms with Gasteiger partial charge in [0.05, 0.1) is 0 Å². The predicted octanol–water partition coefficient (Wildman–Crippen LogP) is 1.52. The molecule has 0 aliphatic carbocycles. The maximum atomic E-state index is 13.1. The van der Waals surface area contributed by atoms with Gasteiger partial charge in [0, 0.05) is 0 Å². The Morgan fingerprint density at radius 2 is 2.05 bits per heavy atom. The topological polar surface area (TPSA) is 89.2 Å². The van der Waals surface area contributed by atoms with Gasteiger partial charge in [-0.3, -0.25) is 4.84 Å². The molecule has 1 heterocycles. The molecule has 0 saturated carbocycles. The second kappa shape index (κ2) is 6.19. The van der Waals surface area contributed by atoms with Crippen LogP contribution in [0.4, 0.5) is 4.39 Å². The lowest BCUT2D eigenvalue weighted by Crippen LogP contribution is -2.53. The lowest BCUT2D eigenvalue weighted by Gasteiger charge is -2.36. The fraction of sp³-hybridized carbons (Fsp3) is 0.333. The SMILES string of the molecule is Br.CC1(C)N=C(N)N=C(N)N1OCc1cccc(F)c1. The van der Waals surface area contributed by atoms with E-state index in [9.17, 15) is 4.39 Å². The van der Waals surface area contributed by atoms with Gasteiger partial charge in [-0.2, -0.15) is 10.1 Å². The summed E-state index contributed by atoms with van der Waals surface area (Å²) in [6, 6.07) is 6.13. The Hall–Kier alpha value is -1.67. The van der Waals surface area contributed by atoms with Crippen molar-refractivity contribution in [2.24, 2.45) is 21.5 Å². The summed E-state index contributed by atoms with van der Waals surface area (Å²) in [4.78, 5) is 13.5. The Morgan fingerprint density at radius 1 is 1.35 bits per heavy atom. The van der Waals surface area contributed by atoms with Crippen molar-refractivity contribution >= 4 is 28.9 Å². The minimum absolute atomic E-state index is 0. The number of hydrogen-bond donors (Lipinski definition) is 2. The molecule has 6 nitrogen and oxygen atoms in total. The van der Waals surface area contributed by atoms with Gasteiger partial charge in [0.1, 0.15) is 12.4 Å². The van der Waals surface area contributed by atoms with Crippen LogP contribution in [0, 0.1) is 5.82 Å². The highest BCUT2D eigenvalue weighted by atomic mass is 79.9.